The lowest BCUT2D eigenvalue weighted by Crippen LogP contribution is -1.86. The molecule has 0 unspecified atom stereocenters. The first kappa shape index (κ1) is 8.11. The van der Waals surface area contributed by atoms with Crippen LogP contribution in [0.4, 0.5) is 0 Å². The van der Waals surface area contributed by atoms with E-state index in [0.717, 1.165) is 11.0 Å². The third-order valence-electron chi connectivity index (χ3n) is 2.18. The fraction of sp³-hybridized carbons (Fsp3) is 0. The van der Waals surface area contributed by atoms with E-state index in [1.165, 1.54) is 0 Å². The molecule has 0 amide bonds. The lowest BCUT2D eigenvalue weighted by Gasteiger charge is -1.90. The highest BCUT2D eigenvalue weighted by Gasteiger charge is 2.06. The Hall–Kier alpha value is -2.23. The van der Waals surface area contributed by atoms with Gasteiger partial charge in [0.2, 0.25) is 0 Å². The van der Waals surface area contributed by atoms with Crippen LogP contribution >= 0.6 is 0 Å². The molecule has 0 saturated carbocycles. The summed E-state index contributed by atoms with van der Waals surface area (Å²) >= 11 is 0. The Kier molecular flexibility index (Phi) is 1.71. The predicted molar refractivity (Wildman–Crippen MR) is 55.0 cm³/mol. The number of furan rings is 1. The second kappa shape index (κ2) is 3.16. The first-order chi connectivity index (χ1) is 7.43. The third kappa shape index (κ3) is 1.36. The topological polar surface area (TPSA) is 51.8 Å². The second-order valence-electron chi connectivity index (χ2n) is 3.15. The highest BCUT2D eigenvalue weighted by molar-refractivity contribution is 5.81. The number of fused-ring (bicyclic) bond motifs is 1. The molecular weight excluding hydrogens is 190 g/mol. The maximum absolute atomic E-state index is 5.62. The molecule has 0 saturated heterocycles. The molecule has 0 atom stereocenters. The minimum atomic E-state index is 0.696. The quantitative estimate of drug-likeness (QED) is 0.600. The second-order valence-corrected chi connectivity index (χ2v) is 3.15. The molecule has 4 nitrogen and oxygen atoms in total. The van der Waals surface area contributed by atoms with Crippen LogP contribution in [0.3, 0.4) is 0 Å². The molecule has 2 heterocycles. The Balaban J connectivity index is 2.21. The van der Waals surface area contributed by atoms with E-state index in [-0.39, 0.29) is 0 Å². The summed E-state index contributed by atoms with van der Waals surface area (Å²) in [6, 6.07) is 11.5. The van der Waals surface area contributed by atoms with Gasteiger partial charge in [0, 0.05) is 5.39 Å². The molecule has 3 rings (SSSR count). The van der Waals surface area contributed by atoms with Crippen molar-refractivity contribution < 1.29 is 4.42 Å². The fourth-order valence-corrected chi connectivity index (χ4v) is 1.48. The molecule has 0 spiro atoms. The monoisotopic (exact) mass is 197 g/mol. The zero-order chi connectivity index (χ0) is 10.1. The van der Waals surface area contributed by atoms with E-state index in [0.29, 0.717) is 11.5 Å². The van der Waals surface area contributed by atoms with Gasteiger partial charge in [-0.25, -0.2) is 0 Å². The zero-order valence-electron chi connectivity index (χ0n) is 7.79. The molecule has 0 N–H and O–H groups in total. The minimum Gasteiger partial charge on any atom is -0.454 e. The predicted octanol–water partition coefficient (Wildman–Crippen LogP) is 2.28. The summed E-state index contributed by atoms with van der Waals surface area (Å²) < 4.78 is 5.62. The molecule has 0 fully saturated rings. The lowest BCUT2D eigenvalue weighted by molar-refractivity contribution is 0.625. The molecule has 72 valence electrons. The number of hydrogen-bond acceptors (Lipinski definition) is 4. The molecule has 3 aromatic rings. The average molecular weight is 197 g/mol. The lowest BCUT2D eigenvalue weighted by atomic mass is 10.2. The third-order valence-corrected chi connectivity index (χ3v) is 2.18. The molecule has 0 aliphatic heterocycles. The Bertz CT molecular complexity index is 556. The van der Waals surface area contributed by atoms with Crippen molar-refractivity contribution in [2.75, 3.05) is 0 Å². The van der Waals surface area contributed by atoms with Crippen LogP contribution in [-0.4, -0.2) is 15.4 Å². The van der Waals surface area contributed by atoms with Crippen LogP contribution in [0.1, 0.15) is 0 Å². The molecule has 4 heteroatoms. The standard InChI is InChI=1S/C11H7N3O/c1-2-4-10-8(3-1)7-11(15-10)9-5-6-12-14-13-9/h1-7H. The molecular formula is C11H7N3O. The molecule has 0 radical (unpaired) electrons. The number of nitrogens with zero attached hydrogens (tertiary/aromatic N) is 3. The zero-order valence-corrected chi connectivity index (χ0v) is 7.79. The van der Waals surface area contributed by atoms with E-state index in [1.807, 2.05) is 30.3 Å². The van der Waals surface area contributed by atoms with Crippen LogP contribution in [0.25, 0.3) is 22.4 Å². The summed E-state index contributed by atoms with van der Waals surface area (Å²) in [6.07, 6.45) is 1.59. The fourth-order valence-electron chi connectivity index (χ4n) is 1.48. The molecule has 0 aliphatic carbocycles. The van der Waals surface area contributed by atoms with E-state index < -0.39 is 0 Å². The van der Waals surface area contributed by atoms with E-state index in [9.17, 15) is 0 Å². The first-order valence-electron chi connectivity index (χ1n) is 4.57. The number of benzene rings is 1. The van der Waals surface area contributed by atoms with Crippen molar-refractivity contribution in [3.05, 3.63) is 42.6 Å². The van der Waals surface area contributed by atoms with Crippen LogP contribution < -0.4 is 0 Å². The largest absolute Gasteiger partial charge is 0.454 e. The van der Waals surface area contributed by atoms with Gasteiger partial charge >= 0.3 is 0 Å². The Morgan fingerprint density at radius 2 is 2.00 bits per heavy atom. The highest BCUT2D eigenvalue weighted by Crippen LogP contribution is 2.25. The van der Waals surface area contributed by atoms with Gasteiger partial charge in [-0.3, -0.25) is 0 Å². The van der Waals surface area contributed by atoms with Crippen LogP contribution in [0, 0.1) is 0 Å². The van der Waals surface area contributed by atoms with Gasteiger partial charge < -0.3 is 4.42 Å². The van der Waals surface area contributed by atoms with E-state index >= 15 is 0 Å². The van der Waals surface area contributed by atoms with Gasteiger partial charge in [0.1, 0.15) is 11.3 Å². The minimum absolute atomic E-state index is 0.696. The van der Waals surface area contributed by atoms with Gasteiger partial charge in [-0.2, -0.15) is 0 Å². The Morgan fingerprint density at radius 3 is 2.80 bits per heavy atom. The maximum atomic E-state index is 5.62. The van der Waals surface area contributed by atoms with Gasteiger partial charge in [0.25, 0.3) is 0 Å². The van der Waals surface area contributed by atoms with Crippen molar-refractivity contribution in [2.24, 2.45) is 0 Å². The summed E-state index contributed by atoms with van der Waals surface area (Å²) in [5.74, 6) is 0.714. The van der Waals surface area contributed by atoms with E-state index in [4.69, 9.17) is 4.42 Å². The van der Waals surface area contributed by atoms with Crippen LogP contribution in [0.2, 0.25) is 0 Å². The van der Waals surface area contributed by atoms with Gasteiger partial charge in [0.15, 0.2) is 5.76 Å². The number of hydrogen-bond donors (Lipinski definition) is 0. The van der Waals surface area contributed by atoms with Crippen molar-refractivity contribution in [1.82, 2.24) is 15.4 Å². The molecule has 15 heavy (non-hydrogen) atoms. The summed E-state index contributed by atoms with van der Waals surface area (Å²) in [5, 5.41) is 12.1. The van der Waals surface area contributed by atoms with E-state index in [1.54, 1.807) is 12.3 Å². The number of aromatic nitrogens is 3. The smallest absolute Gasteiger partial charge is 0.155 e. The Morgan fingerprint density at radius 1 is 1.07 bits per heavy atom. The van der Waals surface area contributed by atoms with Crippen molar-refractivity contribution in [1.29, 1.82) is 0 Å². The highest BCUT2D eigenvalue weighted by atomic mass is 16.3. The Labute approximate surface area is 85.6 Å². The normalized spacial score (nSPS) is 10.7. The van der Waals surface area contributed by atoms with Crippen molar-refractivity contribution >= 4 is 11.0 Å². The van der Waals surface area contributed by atoms with Gasteiger partial charge in [-0.15, -0.1) is 10.2 Å². The van der Waals surface area contributed by atoms with Crippen LogP contribution in [0.5, 0.6) is 0 Å². The van der Waals surface area contributed by atoms with Crippen molar-refractivity contribution in [3.63, 3.8) is 0 Å². The summed E-state index contributed by atoms with van der Waals surface area (Å²) in [5.41, 5.74) is 1.55. The van der Waals surface area contributed by atoms with Crippen molar-refractivity contribution in [2.45, 2.75) is 0 Å². The molecule has 1 aromatic carbocycles. The first-order valence-corrected chi connectivity index (χ1v) is 4.57. The summed E-state index contributed by atoms with van der Waals surface area (Å²) in [7, 11) is 0. The van der Waals surface area contributed by atoms with Gasteiger partial charge in [0.05, 0.1) is 6.20 Å². The van der Waals surface area contributed by atoms with Crippen LogP contribution in [-0.2, 0) is 0 Å². The van der Waals surface area contributed by atoms with Crippen molar-refractivity contribution in [3.8, 4) is 11.5 Å². The summed E-state index contributed by atoms with van der Waals surface area (Å²) in [4.78, 5) is 0. The summed E-state index contributed by atoms with van der Waals surface area (Å²) in [6.45, 7) is 0. The molecule has 0 bridgehead atoms. The van der Waals surface area contributed by atoms with Gasteiger partial charge in [-0.05, 0) is 23.4 Å². The SMILES string of the molecule is c1ccc2oc(-c3ccnnn3)cc2c1. The number of para-hydroxylation sites is 1. The van der Waals surface area contributed by atoms with Gasteiger partial charge in [-0.1, -0.05) is 18.2 Å². The maximum Gasteiger partial charge on any atom is 0.155 e. The number of rotatable bonds is 1. The van der Waals surface area contributed by atoms with E-state index in [2.05, 4.69) is 15.4 Å². The molecule has 0 aliphatic rings. The molecule has 2 aromatic heterocycles. The average Bonchev–Trinajstić information content (AvgIpc) is 2.74. The van der Waals surface area contributed by atoms with Crippen LogP contribution in [0.15, 0.2) is 47.0 Å².